The van der Waals surface area contributed by atoms with Crippen molar-refractivity contribution >= 4 is 0 Å². The standard InChI is InChI=1S/C13H25N3O/c1-6-14-9-12-10-16(15-11(12)2)7-8-17-13(3,4)5/h10,14H,6-9H2,1-5H3. The molecule has 1 rings (SSSR count). The fraction of sp³-hybridized carbons (Fsp3) is 0.769. The zero-order valence-electron chi connectivity index (χ0n) is 11.7. The van der Waals surface area contributed by atoms with Gasteiger partial charge in [-0.15, -0.1) is 0 Å². The number of nitrogens with one attached hydrogen (secondary N) is 1. The average Bonchev–Trinajstić information content (AvgIpc) is 2.54. The van der Waals surface area contributed by atoms with Gasteiger partial charge in [-0.1, -0.05) is 6.92 Å². The lowest BCUT2D eigenvalue weighted by atomic mass is 10.2. The monoisotopic (exact) mass is 239 g/mol. The van der Waals surface area contributed by atoms with Crippen molar-refractivity contribution in [1.82, 2.24) is 15.1 Å². The predicted octanol–water partition coefficient (Wildman–Crippen LogP) is 2.12. The summed E-state index contributed by atoms with van der Waals surface area (Å²) in [5.74, 6) is 0. The Kier molecular flexibility index (Phi) is 5.15. The van der Waals surface area contributed by atoms with E-state index in [2.05, 4.69) is 44.3 Å². The summed E-state index contributed by atoms with van der Waals surface area (Å²) < 4.78 is 7.65. The van der Waals surface area contributed by atoms with Gasteiger partial charge in [-0.05, 0) is 34.2 Å². The number of rotatable bonds is 6. The van der Waals surface area contributed by atoms with E-state index in [9.17, 15) is 0 Å². The Morgan fingerprint density at radius 2 is 2.12 bits per heavy atom. The van der Waals surface area contributed by atoms with Crippen molar-refractivity contribution in [3.63, 3.8) is 0 Å². The van der Waals surface area contributed by atoms with Crippen molar-refractivity contribution in [3.05, 3.63) is 17.5 Å². The van der Waals surface area contributed by atoms with Crippen LogP contribution in [0.2, 0.25) is 0 Å². The Labute approximate surface area is 104 Å². The Hall–Kier alpha value is -0.870. The molecule has 0 aromatic carbocycles. The molecule has 0 amide bonds. The van der Waals surface area contributed by atoms with Gasteiger partial charge >= 0.3 is 0 Å². The first kappa shape index (κ1) is 14.2. The largest absolute Gasteiger partial charge is 0.374 e. The molecule has 1 N–H and O–H groups in total. The second-order valence-corrected chi connectivity index (χ2v) is 5.24. The van der Waals surface area contributed by atoms with E-state index in [1.165, 1.54) is 5.56 Å². The van der Waals surface area contributed by atoms with Gasteiger partial charge in [0.25, 0.3) is 0 Å². The molecule has 1 heterocycles. The summed E-state index contributed by atoms with van der Waals surface area (Å²) >= 11 is 0. The number of aromatic nitrogens is 2. The first-order valence-corrected chi connectivity index (χ1v) is 6.30. The lowest BCUT2D eigenvalue weighted by Gasteiger charge is -2.19. The van der Waals surface area contributed by atoms with Crippen molar-refractivity contribution in [2.24, 2.45) is 0 Å². The quantitative estimate of drug-likeness (QED) is 0.826. The topological polar surface area (TPSA) is 39.1 Å². The van der Waals surface area contributed by atoms with Crippen molar-refractivity contribution in [3.8, 4) is 0 Å². The van der Waals surface area contributed by atoms with Gasteiger partial charge in [-0.25, -0.2) is 0 Å². The summed E-state index contributed by atoms with van der Waals surface area (Å²) in [6.45, 7) is 13.7. The van der Waals surface area contributed by atoms with E-state index in [0.29, 0.717) is 6.61 Å². The van der Waals surface area contributed by atoms with E-state index in [1.54, 1.807) is 0 Å². The normalized spacial score (nSPS) is 12.1. The maximum atomic E-state index is 5.69. The van der Waals surface area contributed by atoms with Gasteiger partial charge in [0, 0.05) is 18.3 Å². The summed E-state index contributed by atoms with van der Waals surface area (Å²) in [6.07, 6.45) is 2.10. The number of aryl methyl sites for hydroxylation is 1. The highest BCUT2D eigenvalue weighted by molar-refractivity contribution is 5.14. The van der Waals surface area contributed by atoms with E-state index in [-0.39, 0.29) is 5.60 Å². The minimum absolute atomic E-state index is 0.0746. The van der Waals surface area contributed by atoms with Crippen LogP contribution in [-0.4, -0.2) is 28.5 Å². The van der Waals surface area contributed by atoms with Gasteiger partial charge in [0.2, 0.25) is 0 Å². The van der Waals surface area contributed by atoms with Crippen LogP contribution >= 0.6 is 0 Å². The smallest absolute Gasteiger partial charge is 0.0669 e. The molecule has 0 saturated heterocycles. The molecule has 0 fully saturated rings. The molecule has 0 aliphatic rings. The molecule has 0 bridgehead atoms. The molecular formula is C13H25N3O. The molecule has 0 spiro atoms. The minimum Gasteiger partial charge on any atom is -0.374 e. The molecule has 0 radical (unpaired) electrons. The molecule has 1 aromatic rings. The highest BCUT2D eigenvalue weighted by Crippen LogP contribution is 2.08. The van der Waals surface area contributed by atoms with E-state index in [4.69, 9.17) is 4.74 Å². The van der Waals surface area contributed by atoms with E-state index in [0.717, 1.165) is 25.3 Å². The molecule has 0 aliphatic heterocycles. The molecule has 4 nitrogen and oxygen atoms in total. The van der Waals surface area contributed by atoms with E-state index < -0.39 is 0 Å². The van der Waals surface area contributed by atoms with Crippen molar-refractivity contribution in [2.45, 2.75) is 53.3 Å². The second-order valence-electron chi connectivity index (χ2n) is 5.24. The highest BCUT2D eigenvalue weighted by atomic mass is 16.5. The number of hydrogen-bond acceptors (Lipinski definition) is 3. The fourth-order valence-corrected chi connectivity index (χ4v) is 1.55. The average molecular weight is 239 g/mol. The fourth-order valence-electron chi connectivity index (χ4n) is 1.55. The molecule has 17 heavy (non-hydrogen) atoms. The number of nitrogens with zero attached hydrogens (tertiary/aromatic N) is 2. The van der Waals surface area contributed by atoms with Crippen LogP contribution < -0.4 is 5.32 Å². The first-order valence-electron chi connectivity index (χ1n) is 6.30. The Morgan fingerprint density at radius 3 is 2.71 bits per heavy atom. The van der Waals surface area contributed by atoms with Gasteiger partial charge in [-0.2, -0.15) is 5.10 Å². The Bertz CT molecular complexity index is 339. The van der Waals surface area contributed by atoms with Gasteiger partial charge in [0.05, 0.1) is 24.4 Å². The van der Waals surface area contributed by atoms with E-state index >= 15 is 0 Å². The summed E-state index contributed by atoms with van der Waals surface area (Å²) in [4.78, 5) is 0. The van der Waals surface area contributed by atoms with Crippen LogP contribution in [0.15, 0.2) is 6.20 Å². The Balaban J connectivity index is 2.44. The van der Waals surface area contributed by atoms with Crippen LogP contribution in [0.5, 0.6) is 0 Å². The van der Waals surface area contributed by atoms with Crippen LogP contribution in [0.4, 0.5) is 0 Å². The van der Waals surface area contributed by atoms with Gasteiger partial charge < -0.3 is 10.1 Å². The van der Waals surface area contributed by atoms with Crippen molar-refractivity contribution in [1.29, 1.82) is 0 Å². The molecule has 0 saturated carbocycles. The SMILES string of the molecule is CCNCc1cn(CCOC(C)(C)C)nc1C. The third-order valence-corrected chi connectivity index (χ3v) is 2.47. The highest BCUT2D eigenvalue weighted by Gasteiger charge is 2.10. The van der Waals surface area contributed by atoms with Crippen LogP contribution in [0.3, 0.4) is 0 Å². The van der Waals surface area contributed by atoms with Crippen LogP contribution in [0.25, 0.3) is 0 Å². The summed E-state index contributed by atoms with van der Waals surface area (Å²) in [7, 11) is 0. The molecule has 0 aliphatic carbocycles. The van der Waals surface area contributed by atoms with E-state index in [1.807, 2.05) is 11.6 Å². The molecule has 98 valence electrons. The van der Waals surface area contributed by atoms with Crippen LogP contribution in [-0.2, 0) is 17.8 Å². The molecule has 0 atom stereocenters. The second kappa shape index (κ2) is 6.17. The van der Waals surface area contributed by atoms with Crippen LogP contribution in [0.1, 0.15) is 39.0 Å². The van der Waals surface area contributed by atoms with Gasteiger partial charge in [0.15, 0.2) is 0 Å². The zero-order valence-corrected chi connectivity index (χ0v) is 11.7. The van der Waals surface area contributed by atoms with Gasteiger partial charge in [-0.3, -0.25) is 4.68 Å². The molecule has 4 heteroatoms. The Morgan fingerprint density at radius 1 is 1.41 bits per heavy atom. The third-order valence-electron chi connectivity index (χ3n) is 2.47. The third kappa shape index (κ3) is 5.33. The molecule has 1 aromatic heterocycles. The van der Waals surface area contributed by atoms with Crippen LogP contribution in [0, 0.1) is 6.92 Å². The maximum Gasteiger partial charge on any atom is 0.0669 e. The molecule has 0 unspecified atom stereocenters. The molecular weight excluding hydrogens is 214 g/mol. The van der Waals surface area contributed by atoms with Gasteiger partial charge in [0.1, 0.15) is 0 Å². The summed E-state index contributed by atoms with van der Waals surface area (Å²) in [6, 6.07) is 0. The zero-order chi connectivity index (χ0) is 12.9. The lowest BCUT2D eigenvalue weighted by molar-refractivity contribution is -0.00791. The summed E-state index contributed by atoms with van der Waals surface area (Å²) in [5.41, 5.74) is 2.29. The van der Waals surface area contributed by atoms with Crippen molar-refractivity contribution in [2.75, 3.05) is 13.2 Å². The van der Waals surface area contributed by atoms with Crippen molar-refractivity contribution < 1.29 is 4.74 Å². The lowest BCUT2D eigenvalue weighted by Crippen LogP contribution is -2.22. The predicted molar refractivity (Wildman–Crippen MR) is 70.0 cm³/mol. The maximum absolute atomic E-state index is 5.69. The summed E-state index contributed by atoms with van der Waals surface area (Å²) in [5, 5.41) is 7.79. The first-order chi connectivity index (χ1) is 7.92. The minimum atomic E-state index is -0.0746. The number of ether oxygens (including phenoxy) is 1. The number of hydrogen-bond donors (Lipinski definition) is 1.